The lowest BCUT2D eigenvalue weighted by molar-refractivity contribution is 0.142. The van der Waals surface area contributed by atoms with E-state index in [4.69, 9.17) is 0 Å². The first-order valence-corrected chi connectivity index (χ1v) is 7.34. The summed E-state index contributed by atoms with van der Waals surface area (Å²) in [5, 5.41) is 10.7. The highest BCUT2D eigenvalue weighted by Gasteiger charge is 2.31. The van der Waals surface area contributed by atoms with Gasteiger partial charge in [0.25, 0.3) is 0 Å². The maximum Gasteiger partial charge on any atom is 0.0884 e. The lowest BCUT2D eigenvalue weighted by Gasteiger charge is -2.20. The van der Waals surface area contributed by atoms with Crippen molar-refractivity contribution >= 4 is 15.9 Å². The van der Waals surface area contributed by atoms with E-state index < -0.39 is 6.10 Å². The first kappa shape index (κ1) is 12.8. The second kappa shape index (κ2) is 5.06. The van der Waals surface area contributed by atoms with Gasteiger partial charge in [-0.05, 0) is 43.0 Å². The molecule has 0 bridgehead atoms. The molecule has 1 aliphatic rings. The number of hydrogen-bond donors (Lipinski definition) is 1. The monoisotopic (exact) mass is 317 g/mol. The molecule has 0 saturated heterocycles. The summed E-state index contributed by atoms with van der Waals surface area (Å²) in [4.78, 5) is 4.46. The molecule has 1 aromatic heterocycles. The summed E-state index contributed by atoms with van der Waals surface area (Å²) in [6, 6.07) is 10.2. The van der Waals surface area contributed by atoms with Gasteiger partial charge in [0.05, 0.1) is 6.10 Å². The number of nitrogens with zero attached hydrogens (tertiary/aromatic N) is 1. The highest BCUT2D eigenvalue weighted by Crippen LogP contribution is 2.42. The van der Waals surface area contributed by atoms with E-state index in [-0.39, 0.29) is 5.92 Å². The van der Waals surface area contributed by atoms with Crippen LogP contribution in [0.1, 0.15) is 40.8 Å². The fourth-order valence-corrected chi connectivity index (χ4v) is 3.34. The van der Waals surface area contributed by atoms with Crippen LogP contribution < -0.4 is 0 Å². The molecule has 1 heterocycles. The van der Waals surface area contributed by atoms with Crippen LogP contribution in [0.4, 0.5) is 0 Å². The third kappa shape index (κ3) is 2.33. The van der Waals surface area contributed by atoms with Crippen LogP contribution in [0.3, 0.4) is 0 Å². The van der Waals surface area contributed by atoms with Crippen molar-refractivity contribution in [1.29, 1.82) is 0 Å². The second-order valence-electron chi connectivity index (χ2n) is 5.16. The summed E-state index contributed by atoms with van der Waals surface area (Å²) < 4.78 is 0.968. The normalized spacial score (nSPS) is 19.2. The molecule has 3 rings (SSSR count). The molecule has 1 N–H and O–H groups in total. The Morgan fingerprint density at radius 2 is 2.21 bits per heavy atom. The van der Waals surface area contributed by atoms with Crippen molar-refractivity contribution < 1.29 is 5.11 Å². The molecular formula is C16H16BrNO. The lowest BCUT2D eigenvalue weighted by atomic mass is 9.92. The molecule has 0 saturated carbocycles. The van der Waals surface area contributed by atoms with E-state index in [0.29, 0.717) is 0 Å². The Hall–Kier alpha value is -1.19. The standard InChI is InChI=1S/C16H16BrNO/c1-10-4-7-14(17)13(9-10)16(19)12-6-5-11-3-2-8-18-15(11)12/h2-4,7-9,12,16,19H,5-6H2,1H3. The van der Waals surface area contributed by atoms with Crippen LogP contribution in [0.25, 0.3) is 0 Å². The lowest BCUT2D eigenvalue weighted by Crippen LogP contribution is -2.10. The summed E-state index contributed by atoms with van der Waals surface area (Å²) in [5.74, 6) is 0.106. The minimum atomic E-state index is -0.495. The van der Waals surface area contributed by atoms with Gasteiger partial charge in [-0.25, -0.2) is 0 Å². The molecule has 0 spiro atoms. The van der Waals surface area contributed by atoms with Crippen LogP contribution in [-0.2, 0) is 6.42 Å². The number of fused-ring (bicyclic) bond motifs is 1. The summed E-state index contributed by atoms with van der Waals surface area (Å²) in [6.07, 6.45) is 3.29. The molecular weight excluding hydrogens is 302 g/mol. The zero-order valence-electron chi connectivity index (χ0n) is 10.8. The Kier molecular flexibility index (Phi) is 3.42. The number of aryl methyl sites for hydroxylation is 2. The van der Waals surface area contributed by atoms with Gasteiger partial charge in [0.1, 0.15) is 0 Å². The predicted octanol–water partition coefficient (Wildman–Crippen LogP) is 3.92. The number of aliphatic hydroxyl groups is 1. The molecule has 19 heavy (non-hydrogen) atoms. The molecule has 1 aromatic carbocycles. The fraction of sp³-hybridized carbons (Fsp3) is 0.312. The van der Waals surface area contributed by atoms with Crippen LogP contribution in [-0.4, -0.2) is 10.1 Å². The highest BCUT2D eigenvalue weighted by atomic mass is 79.9. The van der Waals surface area contributed by atoms with Crippen molar-refractivity contribution in [3.8, 4) is 0 Å². The SMILES string of the molecule is Cc1ccc(Br)c(C(O)C2CCc3cccnc32)c1. The van der Waals surface area contributed by atoms with E-state index in [1.54, 1.807) is 0 Å². The third-order valence-corrected chi connectivity index (χ3v) is 4.58. The number of halogens is 1. The third-order valence-electron chi connectivity index (χ3n) is 3.85. The van der Waals surface area contributed by atoms with E-state index in [1.807, 2.05) is 31.3 Å². The largest absolute Gasteiger partial charge is 0.388 e. The van der Waals surface area contributed by atoms with Gasteiger partial charge in [-0.15, -0.1) is 0 Å². The van der Waals surface area contributed by atoms with Gasteiger partial charge >= 0.3 is 0 Å². The number of pyridine rings is 1. The molecule has 0 aliphatic heterocycles. The zero-order chi connectivity index (χ0) is 13.4. The maximum atomic E-state index is 10.7. The molecule has 2 nitrogen and oxygen atoms in total. The zero-order valence-corrected chi connectivity index (χ0v) is 12.4. The van der Waals surface area contributed by atoms with E-state index in [0.717, 1.165) is 34.1 Å². The molecule has 98 valence electrons. The Morgan fingerprint density at radius 3 is 3.05 bits per heavy atom. The van der Waals surface area contributed by atoms with E-state index >= 15 is 0 Å². The van der Waals surface area contributed by atoms with Gasteiger partial charge in [0, 0.05) is 22.3 Å². The predicted molar refractivity (Wildman–Crippen MR) is 79.1 cm³/mol. The van der Waals surface area contributed by atoms with Crippen molar-refractivity contribution in [3.63, 3.8) is 0 Å². The Balaban J connectivity index is 1.97. The second-order valence-corrected chi connectivity index (χ2v) is 6.02. The summed E-state index contributed by atoms with van der Waals surface area (Å²) in [6.45, 7) is 2.05. The van der Waals surface area contributed by atoms with Gasteiger partial charge in [-0.3, -0.25) is 4.98 Å². The molecule has 3 heteroatoms. The van der Waals surface area contributed by atoms with Crippen LogP contribution in [0.5, 0.6) is 0 Å². The molecule has 1 aliphatic carbocycles. The summed E-state index contributed by atoms with van der Waals surface area (Å²) >= 11 is 3.54. The van der Waals surface area contributed by atoms with Gasteiger partial charge in [0.15, 0.2) is 0 Å². The average molecular weight is 318 g/mol. The van der Waals surface area contributed by atoms with E-state index in [9.17, 15) is 5.11 Å². The first-order chi connectivity index (χ1) is 9.16. The number of benzene rings is 1. The van der Waals surface area contributed by atoms with Crippen LogP contribution in [0.2, 0.25) is 0 Å². The minimum absolute atomic E-state index is 0.106. The number of aromatic nitrogens is 1. The van der Waals surface area contributed by atoms with E-state index in [2.05, 4.69) is 33.0 Å². The van der Waals surface area contributed by atoms with Gasteiger partial charge in [0.2, 0.25) is 0 Å². The quantitative estimate of drug-likeness (QED) is 0.910. The molecule has 2 atom stereocenters. The topological polar surface area (TPSA) is 33.1 Å². The molecule has 2 unspecified atom stereocenters. The van der Waals surface area contributed by atoms with Gasteiger partial charge in [-0.2, -0.15) is 0 Å². The highest BCUT2D eigenvalue weighted by molar-refractivity contribution is 9.10. The number of rotatable bonds is 2. The smallest absolute Gasteiger partial charge is 0.0884 e. The van der Waals surface area contributed by atoms with E-state index in [1.165, 1.54) is 5.56 Å². The fourth-order valence-electron chi connectivity index (χ4n) is 2.86. The van der Waals surface area contributed by atoms with Gasteiger partial charge in [-0.1, -0.05) is 39.7 Å². The molecule has 0 fully saturated rings. The number of aliphatic hydroxyl groups excluding tert-OH is 1. The van der Waals surface area contributed by atoms with Crippen LogP contribution >= 0.6 is 15.9 Å². The van der Waals surface area contributed by atoms with Crippen LogP contribution in [0.15, 0.2) is 41.0 Å². The summed E-state index contributed by atoms with van der Waals surface area (Å²) in [5.41, 5.74) is 4.46. The molecule has 0 amide bonds. The Labute approximate surface area is 121 Å². The van der Waals surface area contributed by atoms with Crippen molar-refractivity contribution in [2.75, 3.05) is 0 Å². The first-order valence-electron chi connectivity index (χ1n) is 6.54. The van der Waals surface area contributed by atoms with Crippen molar-refractivity contribution in [2.24, 2.45) is 0 Å². The van der Waals surface area contributed by atoms with Crippen LogP contribution in [0, 0.1) is 6.92 Å². The van der Waals surface area contributed by atoms with Crippen molar-refractivity contribution in [1.82, 2.24) is 4.98 Å². The molecule has 0 radical (unpaired) electrons. The summed E-state index contributed by atoms with van der Waals surface area (Å²) in [7, 11) is 0. The Bertz CT molecular complexity index is 611. The Morgan fingerprint density at radius 1 is 1.37 bits per heavy atom. The van der Waals surface area contributed by atoms with Crippen molar-refractivity contribution in [2.45, 2.75) is 31.8 Å². The maximum absolute atomic E-state index is 10.7. The molecule has 2 aromatic rings. The number of hydrogen-bond acceptors (Lipinski definition) is 2. The van der Waals surface area contributed by atoms with Gasteiger partial charge < -0.3 is 5.11 Å². The minimum Gasteiger partial charge on any atom is -0.388 e. The average Bonchev–Trinajstić information content (AvgIpc) is 2.84. The van der Waals surface area contributed by atoms with Crippen molar-refractivity contribution in [3.05, 3.63) is 63.4 Å².